The summed E-state index contributed by atoms with van der Waals surface area (Å²) in [4.78, 5) is 4.35. The average molecular weight is 262 g/mol. The summed E-state index contributed by atoms with van der Waals surface area (Å²) in [5.74, 6) is 1.11. The van der Waals surface area contributed by atoms with Crippen LogP contribution in [0.15, 0.2) is 59.1 Å². The maximum Gasteiger partial charge on any atom is 0.250 e. The summed E-state index contributed by atoms with van der Waals surface area (Å²) < 4.78 is 5.22. The molecule has 3 heteroatoms. The standard InChI is InChI=1S/C17H14N2O/c1-13-7-9-14(10-8-13)11-12-16-18-17(19-20-16)15-5-3-2-4-6-15/h2-12H,1H3/b12-11+. The fourth-order valence-electron chi connectivity index (χ4n) is 1.85. The van der Waals surface area contributed by atoms with Gasteiger partial charge in [-0.2, -0.15) is 4.98 Å². The normalized spacial score (nSPS) is 11.1. The van der Waals surface area contributed by atoms with Crippen LogP contribution < -0.4 is 0 Å². The number of hydrogen-bond acceptors (Lipinski definition) is 3. The van der Waals surface area contributed by atoms with Crippen LogP contribution in [0, 0.1) is 6.92 Å². The molecule has 0 saturated heterocycles. The number of aryl methyl sites for hydroxylation is 1. The Labute approximate surface area is 117 Å². The van der Waals surface area contributed by atoms with Crippen LogP contribution >= 0.6 is 0 Å². The zero-order chi connectivity index (χ0) is 13.8. The third-order valence-corrected chi connectivity index (χ3v) is 2.97. The Morgan fingerprint density at radius 3 is 2.40 bits per heavy atom. The van der Waals surface area contributed by atoms with Crippen molar-refractivity contribution < 1.29 is 4.52 Å². The highest BCUT2D eigenvalue weighted by Crippen LogP contribution is 2.16. The van der Waals surface area contributed by atoms with Crippen molar-refractivity contribution in [3.05, 3.63) is 71.6 Å². The first-order valence-corrected chi connectivity index (χ1v) is 6.45. The number of nitrogens with zero attached hydrogens (tertiary/aromatic N) is 2. The zero-order valence-corrected chi connectivity index (χ0v) is 11.2. The van der Waals surface area contributed by atoms with Crippen molar-refractivity contribution in [2.75, 3.05) is 0 Å². The maximum absolute atomic E-state index is 5.22. The van der Waals surface area contributed by atoms with Gasteiger partial charge in [0, 0.05) is 11.6 Å². The van der Waals surface area contributed by atoms with Gasteiger partial charge in [0.15, 0.2) is 0 Å². The van der Waals surface area contributed by atoms with Crippen molar-refractivity contribution in [3.8, 4) is 11.4 Å². The van der Waals surface area contributed by atoms with Crippen LogP contribution in [0.2, 0.25) is 0 Å². The molecule has 98 valence electrons. The van der Waals surface area contributed by atoms with Crippen molar-refractivity contribution in [2.45, 2.75) is 6.92 Å². The van der Waals surface area contributed by atoms with Crippen LogP contribution in [0.25, 0.3) is 23.5 Å². The van der Waals surface area contributed by atoms with Gasteiger partial charge >= 0.3 is 0 Å². The third-order valence-electron chi connectivity index (χ3n) is 2.97. The second-order valence-electron chi connectivity index (χ2n) is 4.57. The monoisotopic (exact) mass is 262 g/mol. The molecule has 0 spiro atoms. The lowest BCUT2D eigenvalue weighted by Gasteiger charge is -1.93. The molecular weight excluding hydrogens is 248 g/mol. The van der Waals surface area contributed by atoms with E-state index in [4.69, 9.17) is 4.52 Å². The largest absolute Gasteiger partial charge is 0.334 e. The van der Waals surface area contributed by atoms with Crippen molar-refractivity contribution in [2.24, 2.45) is 0 Å². The van der Waals surface area contributed by atoms with Gasteiger partial charge in [-0.3, -0.25) is 0 Å². The van der Waals surface area contributed by atoms with Gasteiger partial charge in [0.2, 0.25) is 5.82 Å². The molecule has 0 radical (unpaired) electrons. The first kappa shape index (κ1) is 12.4. The van der Waals surface area contributed by atoms with E-state index in [1.165, 1.54) is 5.56 Å². The summed E-state index contributed by atoms with van der Waals surface area (Å²) in [6, 6.07) is 18.0. The summed E-state index contributed by atoms with van der Waals surface area (Å²) in [5, 5.41) is 3.98. The lowest BCUT2D eigenvalue weighted by atomic mass is 10.1. The van der Waals surface area contributed by atoms with Crippen LogP contribution in [0.4, 0.5) is 0 Å². The summed E-state index contributed by atoms with van der Waals surface area (Å²) in [6.07, 6.45) is 3.78. The summed E-state index contributed by atoms with van der Waals surface area (Å²) in [7, 11) is 0. The van der Waals surface area contributed by atoms with Gasteiger partial charge < -0.3 is 4.52 Å². The Bertz CT molecular complexity index is 712. The van der Waals surface area contributed by atoms with Gasteiger partial charge in [-0.05, 0) is 18.6 Å². The Kier molecular flexibility index (Phi) is 3.42. The fraction of sp³-hybridized carbons (Fsp3) is 0.0588. The molecule has 0 bridgehead atoms. The van der Waals surface area contributed by atoms with E-state index >= 15 is 0 Å². The lowest BCUT2D eigenvalue weighted by molar-refractivity contribution is 0.411. The van der Waals surface area contributed by atoms with E-state index in [0.29, 0.717) is 11.7 Å². The summed E-state index contributed by atoms with van der Waals surface area (Å²) in [6.45, 7) is 2.07. The van der Waals surface area contributed by atoms with Crippen LogP contribution in [0.3, 0.4) is 0 Å². The lowest BCUT2D eigenvalue weighted by Crippen LogP contribution is -1.79. The van der Waals surface area contributed by atoms with E-state index in [0.717, 1.165) is 11.1 Å². The molecular formula is C17H14N2O. The van der Waals surface area contributed by atoms with Gasteiger partial charge in [-0.15, -0.1) is 0 Å². The van der Waals surface area contributed by atoms with E-state index in [9.17, 15) is 0 Å². The number of hydrogen-bond donors (Lipinski definition) is 0. The molecule has 0 fully saturated rings. The topological polar surface area (TPSA) is 38.9 Å². The van der Waals surface area contributed by atoms with Gasteiger partial charge in [0.05, 0.1) is 0 Å². The molecule has 0 aliphatic heterocycles. The SMILES string of the molecule is Cc1ccc(/C=C/c2nc(-c3ccccc3)no2)cc1. The van der Waals surface area contributed by atoms with Crippen molar-refractivity contribution in [1.29, 1.82) is 0 Å². The van der Waals surface area contributed by atoms with Gasteiger partial charge in [-0.25, -0.2) is 0 Å². The molecule has 2 aromatic carbocycles. The highest BCUT2D eigenvalue weighted by atomic mass is 16.5. The average Bonchev–Trinajstić information content (AvgIpc) is 2.97. The third kappa shape index (κ3) is 2.83. The second kappa shape index (κ2) is 5.53. The Hall–Kier alpha value is -2.68. The first-order valence-electron chi connectivity index (χ1n) is 6.45. The first-order chi connectivity index (χ1) is 9.81. The Morgan fingerprint density at radius 1 is 0.900 bits per heavy atom. The van der Waals surface area contributed by atoms with Gasteiger partial charge in [0.1, 0.15) is 0 Å². The Balaban J connectivity index is 1.79. The summed E-state index contributed by atoms with van der Waals surface area (Å²) >= 11 is 0. The van der Waals surface area contributed by atoms with Crippen molar-refractivity contribution in [1.82, 2.24) is 10.1 Å². The highest BCUT2D eigenvalue weighted by Gasteiger charge is 2.05. The predicted octanol–water partition coefficient (Wildman–Crippen LogP) is 4.22. The molecule has 20 heavy (non-hydrogen) atoms. The molecule has 0 aliphatic carbocycles. The number of aromatic nitrogens is 2. The fourth-order valence-corrected chi connectivity index (χ4v) is 1.85. The van der Waals surface area contributed by atoms with E-state index in [2.05, 4.69) is 41.3 Å². The molecule has 0 N–H and O–H groups in total. The molecule has 1 aromatic heterocycles. The van der Waals surface area contributed by atoms with Gasteiger partial charge in [-0.1, -0.05) is 65.3 Å². The van der Waals surface area contributed by atoms with E-state index in [1.54, 1.807) is 0 Å². The zero-order valence-electron chi connectivity index (χ0n) is 11.2. The van der Waals surface area contributed by atoms with Crippen LogP contribution in [-0.4, -0.2) is 10.1 Å². The molecule has 0 saturated carbocycles. The highest BCUT2D eigenvalue weighted by molar-refractivity contribution is 5.67. The molecule has 0 unspecified atom stereocenters. The number of benzene rings is 2. The molecule has 3 aromatic rings. The van der Waals surface area contributed by atoms with E-state index in [-0.39, 0.29) is 0 Å². The smallest absolute Gasteiger partial charge is 0.250 e. The van der Waals surface area contributed by atoms with Gasteiger partial charge in [0.25, 0.3) is 5.89 Å². The second-order valence-corrected chi connectivity index (χ2v) is 4.57. The molecule has 0 atom stereocenters. The van der Waals surface area contributed by atoms with E-state index < -0.39 is 0 Å². The van der Waals surface area contributed by atoms with Crippen LogP contribution in [0.5, 0.6) is 0 Å². The molecule has 0 amide bonds. The molecule has 3 nitrogen and oxygen atoms in total. The maximum atomic E-state index is 5.22. The minimum absolute atomic E-state index is 0.504. The quantitative estimate of drug-likeness (QED) is 0.709. The molecule has 3 rings (SSSR count). The summed E-state index contributed by atoms with van der Waals surface area (Å²) in [5.41, 5.74) is 3.30. The molecule has 1 heterocycles. The molecule has 0 aliphatic rings. The van der Waals surface area contributed by atoms with Crippen molar-refractivity contribution in [3.63, 3.8) is 0 Å². The van der Waals surface area contributed by atoms with Crippen LogP contribution in [-0.2, 0) is 0 Å². The van der Waals surface area contributed by atoms with Crippen molar-refractivity contribution >= 4 is 12.2 Å². The minimum Gasteiger partial charge on any atom is -0.334 e. The van der Waals surface area contributed by atoms with Crippen LogP contribution in [0.1, 0.15) is 17.0 Å². The Morgan fingerprint density at radius 2 is 1.65 bits per heavy atom. The predicted molar refractivity (Wildman–Crippen MR) is 79.8 cm³/mol. The number of rotatable bonds is 3. The minimum atomic E-state index is 0.504. The van der Waals surface area contributed by atoms with E-state index in [1.807, 2.05) is 42.5 Å².